The van der Waals surface area contributed by atoms with Crippen LogP contribution in [0.1, 0.15) is 12.6 Å². The summed E-state index contributed by atoms with van der Waals surface area (Å²) in [6.45, 7) is 1.74. The first-order chi connectivity index (χ1) is 6.75. The highest BCUT2D eigenvalue weighted by Crippen LogP contribution is 2.07. The van der Waals surface area contributed by atoms with E-state index in [1.165, 1.54) is 0 Å². The molecule has 0 fully saturated rings. The molecule has 1 N–H and O–H groups in total. The molecule has 2 aromatic heterocycles. The Morgan fingerprint density at radius 2 is 2.07 bits per heavy atom. The van der Waals surface area contributed by atoms with Crippen molar-refractivity contribution in [3.63, 3.8) is 0 Å². The Morgan fingerprint density at radius 1 is 1.29 bits per heavy atom. The minimum absolute atomic E-state index is 0.378. The maximum Gasteiger partial charge on any atom is 0.178 e. The number of hydrogen-bond donors (Lipinski definition) is 1. The van der Waals surface area contributed by atoms with Gasteiger partial charge in [0.05, 0.1) is 6.10 Å². The van der Waals surface area contributed by atoms with Crippen LogP contribution in [0.5, 0.6) is 0 Å². The van der Waals surface area contributed by atoms with E-state index in [9.17, 15) is 5.11 Å². The number of fused-ring (bicyclic) bond motifs is 1. The zero-order valence-corrected chi connectivity index (χ0v) is 7.88. The van der Waals surface area contributed by atoms with Crippen LogP contribution in [0.2, 0.25) is 0 Å². The molecule has 4 nitrogen and oxygen atoms in total. The van der Waals surface area contributed by atoms with Crippen LogP contribution in [0, 0.1) is 0 Å². The lowest BCUT2D eigenvalue weighted by Gasteiger charge is -2.03. The van der Waals surface area contributed by atoms with Crippen LogP contribution in [0.3, 0.4) is 0 Å². The van der Waals surface area contributed by atoms with Gasteiger partial charge in [0.2, 0.25) is 0 Å². The Bertz CT molecular complexity index is 442. The highest BCUT2D eigenvalue weighted by Gasteiger charge is 2.02. The standard InChI is InChI=1S/C10H11N3O/c1-7(14)6-8-2-3-9-10(13-8)12-5-4-11-9/h2-5,7,14H,6H2,1H3. The van der Waals surface area contributed by atoms with Crippen molar-refractivity contribution in [1.82, 2.24) is 15.0 Å². The van der Waals surface area contributed by atoms with Gasteiger partial charge in [-0.3, -0.25) is 4.98 Å². The summed E-state index contributed by atoms with van der Waals surface area (Å²) in [6.07, 6.45) is 3.42. The van der Waals surface area contributed by atoms with Gasteiger partial charge in [-0.05, 0) is 19.1 Å². The summed E-state index contributed by atoms with van der Waals surface area (Å²) < 4.78 is 0. The van der Waals surface area contributed by atoms with Crippen LogP contribution in [-0.2, 0) is 6.42 Å². The van der Waals surface area contributed by atoms with E-state index < -0.39 is 0 Å². The number of nitrogens with zero attached hydrogens (tertiary/aromatic N) is 3. The number of aromatic nitrogens is 3. The topological polar surface area (TPSA) is 58.9 Å². The highest BCUT2D eigenvalue weighted by molar-refractivity contribution is 5.68. The van der Waals surface area contributed by atoms with E-state index in [0.717, 1.165) is 11.2 Å². The molecule has 72 valence electrons. The molecule has 1 atom stereocenters. The van der Waals surface area contributed by atoms with E-state index in [-0.39, 0.29) is 6.10 Å². The molecule has 2 rings (SSSR count). The number of aliphatic hydroxyl groups excluding tert-OH is 1. The minimum Gasteiger partial charge on any atom is -0.393 e. The summed E-state index contributed by atoms with van der Waals surface area (Å²) in [5.74, 6) is 0. The van der Waals surface area contributed by atoms with Crippen molar-refractivity contribution in [2.24, 2.45) is 0 Å². The molecular weight excluding hydrogens is 178 g/mol. The first-order valence-corrected chi connectivity index (χ1v) is 4.50. The van der Waals surface area contributed by atoms with Gasteiger partial charge in [0, 0.05) is 24.5 Å². The number of aliphatic hydroxyl groups is 1. The normalized spacial score (nSPS) is 13.0. The fourth-order valence-electron chi connectivity index (χ4n) is 1.31. The molecule has 0 saturated heterocycles. The SMILES string of the molecule is CC(O)Cc1ccc2nccnc2n1. The molecular formula is C10H11N3O. The average molecular weight is 189 g/mol. The zero-order chi connectivity index (χ0) is 9.97. The van der Waals surface area contributed by atoms with Crippen molar-refractivity contribution in [3.8, 4) is 0 Å². The maximum absolute atomic E-state index is 9.20. The summed E-state index contributed by atoms with van der Waals surface area (Å²) in [6, 6.07) is 3.73. The maximum atomic E-state index is 9.20. The summed E-state index contributed by atoms with van der Waals surface area (Å²) in [5, 5.41) is 9.20. The number of hydrogen-bond acceptors (Lipinski definition) is 4. The molecule has 2 aromatic rings. The van der Waals surface area contributed by atoms with E-state index >= 15 is 0 Å². The van der Waals surface area contributed by atoms with Crippen molar-refractivity contribution >= 4 is 11.2 Å². The van der Waals surface area contributed by atoms with E-state index in [1.807, 2.05) is 12.1 Å². The van der Waals surface area contributed by atoms with Crippen LogP contribution >= 0.6 is 0 Å². The Balaban J connectivity index is 2.41. The number of rotatable bonds is 2. The van der Waals surface area contributed by atoms with E-state index in [0.29, 0.717) is 12.1 Å². The van der Waals surface area contributed by atoms with Crippen molar-refractivity contribution in [1.29, 1.82) is 0 Å². The van der Waals surface area contributed by atoms with Crippen molar-refractivity contribution < 1.29 is 5.11 Å². The zero-order valence-electron chi connectivity index (χ0n) is 7.88. The first-order valence-electron chi connectivity index (χ1n) is 4.50. The van der Waals surface area contributed by atoms with Crippen molar-refractivity contribution in [3.05, 3.63) is 30.2 Å². The van der Waals surface area contributed by atoms with Gasteiger partial charge in [-0.1, -0.05) is 0 Å². The third-order valence-corrected chi connectivity index (χ3v) is 1.89. The van der Waals surface area contributed by atoms with Crippen LogP contribution in [0.15, 0.2) is 24.5 Å². The molecule has 0 saturated carbocycles. The summed E-state index contributed by atoms with van der Waals surface area (Å²) >= 11 is 0. The van der Waals surface area contributed by atoms with E-state index in [2.05, 4.69) is 15.0 Å². The fourth-order valence-corrected chi connectivity index (χ4v) is 1.31. The lowest BCUT2D eigenvalue weighted by molar-refractivity contribution is 0.194. The van der Waals surface area contributed by atoms with Crippen LogP contribution in [0.4, 0.5) is 0 Å². The number of pyridine rings is 1. The third-order valence-electron chi connectivity index (χ3n) is 1.89. The smallest absolute Gasteiger partial charge is 0.178 e. The molecule has 0 aliphatic rings. The van der Waals surface area contributed by atoms with Gasteiger partial charge in [-0.25, -0.2) is 9.97 Å². The third kappa shape index (κ3) is 1.85. The molecule has 0 aliphatic heterocycles. The molecule has 0 aromatic carbocycles. The summed E-state index contributed by atoms with van der Waals surface area (Å²) in [7, 11) is 0. The predicted octanol–water partition coefficient (Wildman–Crippen LogP) is 0.948. The van der Waals surface area contributed by atoms with Crippen LogP contribution < -0.4 is 0 Å². The van der Waals surface area contributed by atoms with E-state index in [4.69, 9.17) is 0 Å². The average Bonchev–Trinajstić information content (AvgIpc) is 2.17. The van der Waals surface area contributed by atoms with Crippen LogP contribution in [-0.4, -0.2) is 26.2 Å². The monoisotopic (exact) mass is 189 g/mol. The van der Waals surface area contributed by atoms with Gasteiger partial charge in [0.15, 0.2) is 5.65 Å². The Morgan fingerprint density at radius 3 is 2.86 bits per heavy atom. The first kappa shape index (κ1) is 9.02. The molecule has 0 amide bonds. The quantitative estimate of drug-likeness (QED) is 0.764. The minimum atomic E-state index is -0.378. The predicted molar refractivity (Wildman–Crippen MR) is 52.7 cm³/mol. The largest absolute Gasteiger partial charge is 0.393 e. The van der Waals surface area contributed by atoms with Gasteiger partial charge >= 0.3 is 0 Å². The molecule has 0 spiro atoms. The van der Waals surface area contributed by atoms with Gasteiger partial charge in [0.25, 0.3) is 0 Å². The lowest BCUT2D eigenvalue weighted by atomic mass is 10.2. The van der Waals surface area contributed by atoms with Crippen molar-refractivity contribution in [2.45, 2.75) is 19.4 Å². The second kappa shape index (κ2) is 3.67. The fraction of sp³-hybridized carbons (Fsp3) is 0.300. The molecule has 0 aliphatic carbocycles. The molecule has 0 radical (unpaired) electrons. The van der Waals surface area contributed by atoms with Gasteiger partial charge in [0.1, 0.15) is 5.52 Å². The second-order valence-electron chi connectivity index (χ2n) is 3.25. The Kier molecular flexibility index (Phi) is 2.37. The Labute approximate surface area is 81.7 Å². The van der Waals surface area contributed by atoms with Gasteiger partial charge in [-0.15, -0.1) is 0 Å². The lowest BCUT2D eigenvalue weighted by Crippen LogP contribution is -2.06. The highest BCUT2D eigenvalue weighted by atomic mass is 16.3. The molecule has 14 heavy (non-hydrogen) atoms. The van der Waals surface area contributed by atoms with Crippen molar-refractivity contribution in [2.75, 3.05) is 0 Å². The molecule has 2 heterocycles. The second-order valence-corrected chi connectivity index (χ2v) is 3.25. The summed E-state index contributed by atoms with van der Waals surface area (Å²) in [5.41, 5.74) is 2.25. The molecule has 0 bridgehead atoms. The Hall–Kier alpha value is -1.55. The van der Waals surface area contributed by atoms with Gasteiger partial charge < -0.3 is 5.11 Å². The van der Waals surface area contributed by atoms with E-state index in [1.54, 1.807) is 19.3 Å². The summed E-state index contributed by atoms with van der Waals surface area (Å²) in [4.78, 5) is 12.5. The van der Waals surface area contributed by atoms with Crippen LogP contribution in [0.25, 0.3) is 11.2 Å². The van der Waals surface area contributed by atoms with Gasteiger partial charge in [-0.2, -0.15) is 0 Å². The molecule has 4 heteroatoms. The molecule has 1 unspecified atom stereocenters.